The first-order chi connectivity index (χ1) is 15.9. The highest BCUT2D eigenvalue weighted by molar-refractivity contribution is 5.69. The Hall–Kier alpha value is -3.19. The molecule has 2 atom stereocenters. The monoisotopic (exact) mass is 457 g/mol. The number of rotatable bonds is 6. The summed E-state index contributed by atoms with van der Waals surface area (Å²) in [6.45, 7) is 1.78. The molecule has 1 aliphatic heterocycles. The summed E-state index contributed by atoms with van der Waals surface area (Å²) in [7, 11) is 0. The first-order valence-electron chi connectivity index (χ1n) is 11.4. The Labute approximate surface area is 192 Å². The molecule has 33 heavy (non-hydrogen) atoms. The van der Waals surface area contributed by atoms with Crippen LogP contribution in [0.4, 0.5) is 5.82 Å². The second-order valence-electron chi connectivity index (χ2n) is 8.52. The van der Waals surface area contributed by atoms with Crippen molar-refractivity contribution in [1.29, 1.82) is 5.26 Å². The summed E-state index contributed by atoms with van der Waals surface area (Å²) in [6, 6.07) is 5.87. The minimum atomic E-state index is -1.13. The number of ether oxygens (including phenoxy) is 2. The zero-order valence-corrected chi connectivity index (χ0v) is 18.9. The van der Waals surface area contributed by atoms with Gasteiger partial charge in [-0.3, -0.25) is 9.59 Å². The van der Waals surface area contributed by atoms with E-state index in [1.807, 2.05) is 0 Å². The maximum atomic E-state index is 12.2. The Balaban J connectivity index is 0.000000555. The number of aromatic nitrogens is 3. The fraction of sp³-hybridized carbons (Fsp3) is 0.609. The maximum absolute atomic E-state index is 12.2. The maximum Gasteiger partial charge on any atom is 0.306 e. The fourth-order valence-electron chi connectivity index (χ4n) is 4.34. The number of fused-ring (bicyclic) bond motifs is 1. The van der Waals surface area contributed by atoms with Gasteiger partial charge in [-0.05, 0) is 43.7 Å². The van der Waals surface area contributed by atoms with Gasteiger partial charge in [0, 0.05) is 12.8 Å². The third-order valence-corrected chi connectivity index (χ3v) is 6.18. The Morgan fingerprint density at radius 2 is 2.06 bits per heavy atom. The molecule has 2 aromatic rings. The lowest BCUT2D eigenvalue weighted by Gasteiger charge is -2.22. The van der Waals surface area contributed by atoms with Gasteiger partial charge in [0.15, 0.2) is 11.4 Å². The molecule has 0 bridgehead atoms. The van der Waals surface area contributed by atoms with Gasteiger partial charge in [0.2, 0.25) is 0 Å². The van der Waals surface area contributed by atoms with Crippen molar-refractivity contribution in [3.8, 4) is 6.07 Å². The topological polar surface area (TPSA) is 153 Å². The van der Waals surface area contributed by atoms with Crippen molar-refractivity contribution in [2.75, 3.05) is 12.3 Å². The molecule has 0 radical (unpaired) electrons. The Morgan fingerprint density at radius 3 is 2.73 bits per heavy atom. The molecular formula is C23H31N5O5. The molecule has 0 aromatic carbocycles. The Bertz CT molecular complexity index is 1010. The highest BCUT2D eigenvalue weighted by atomic mass is 16.6. The molecule has 2 aliphatic rings. The molecular weight excluding hydrogens is 426 g/mol. The average Bonchev–Trinajstić information content (AvgIpc) is 3.45. The quantitative estimate of drug-likeness (QED) is 0.622. The third kappa shape index (κ3) is 5.99. The van der Waals surface area contributed by atoms with Gasteiger partial charge < -0.3 is 20.3 Å². The molecule has 178 valence electrons. The standard InChI is InChI=1S/C20H25N5O3.C3H6O2/c21-12-20(17-7-6-16-19(22)23-13-24-25(16)17)9-8-15(28-20)11-27-18(26)10-14-4-2-1-3-5-14;1-2-3(4)5/h6-7,13-15H,1-5,8-11H2,(H2,22,23,24);2H2,1H3,(H,4,5). The van der Waals surface area contributed by atoms with Crippen LogP contribution in [0.1, 0.15) is 70.4 Å². The molecule has 2 fully saturated rings. The number of hydrogen-bond acceptors (Lipinski definition) is 8. The lowest BCUT2D eigenvalue weighted by molar-refractivity contribution is -0.150. The van der Waals surface area contributed by atoms with Gasteiger partial charge in [0.1, 0.15) is 24.5 Å². The highest BCUT2D eigenvalue weighted by Crippen LogP contribution is 2.40. The number of carbonyl (C=O) groups excluding carboxylic acids is 1. The Morgan fingerprint density at radius 1 is 1.33 bits per heavy atom. The van der Waals surface area contributed by atoms with Gasteiger partial charge in [-0.2, -0.15) is 10.4 Å². The van der Waals surface area contributed by atoms with E-state index in [0.29, 0.717) is 42.2 Å². The first kappa shape index (κ1) is 24.5. The van der Waals surface area contributed by atoms with Crippen molar-refractivity contribution in [2.45, 2.75) is 76.4 Å². The molecule has 0 amide bonds. The Kier molecular flexibility index (Phi) is 8.22. The predicted molar refractivity (Wildman–Crippen MR) is 119 cm³/mol. The summed E-state index contributed by atoms with van der Waals surface area (Å²) in [5.74, 6) is -0.120. The van der Waals surface area contributed by atoms with E-state index in [-0.39, 0.29) is 25.1 Å². The normalized spacial score (nSPS) is 22.8. The third-order valence-electron chi connectivity index (χ3n) is 6.18. The summed E-state index contributed by atoms with van der Waals surface area (Å²) in [6.07, 6.45) is 8.79. The average molecular weight is 458 g/mol. The van der Waals surface area contributed by atoms with Crippen LogP contribution in [0.2, 0.25) is 0 Å². The minimum Gasteiger partial charge on any atom is -0.481 e. The van der Waals surface area contributed by atoms with Crippen LogP contribution < -0.4 is 5.73 Å². The molecule has 3 N–H and O–H groups in total. The predicted octanol–water partition coefficient (Wildman–Crippen LogP) is 3.20. The molecule has 0 spiro atoms. The molecule has 2 unspecified atom stereocenters. The van der Waals surface area contributed by atoms with E-state index >= 15 is 0 Å². The van der Waals surface area contributed by atoms with Gasteiger partial charge in [0.05, 0.1) is 11.8 Å². The van der Waals surface area contributed by atoms with Crippen molar-refractivity contribution in [2.24, 2.45) is 5.92 Å². The fourth-order valence-corrected chi connectivity index (χ4v) is 4.34. The van der Waals surface area contributed by atoms with E-state index in [2.05, 4.69) is 16.2 Å². The number of carboxylic acids is 1. The number of nitrogens with zero attached hydrogens (tertiary/aromatic N) is 4. The van der Waals surface area contributed by atoms with Crippen LogP contribution in [0.3, 0.4) is 0 Å². The van der Waals surface area contributed by atoms with Crippen molar-refractivity contribution in [3.05, 3.63) is 24.2 Å². The molecule has 10 heteroatoms. The smallest absolute Gasteiger partial charge is 0.306 e. The number of carbonyl (C=O) groups is 2. The summed E-state index contributed by atoms with van der Waals surface area (Å²) >= 11 is 0. The van der Waals surface area contributed by atoms with E-state index in [9.17, 15) is 14.9 Å². The van der Waals surface area contributed by atoms with Gasteiger partial charge in [-0.1, -0.05) is 26.2 Å². The van der Waals surface area contributed by atoms with Crippen LogP contribution in [-0.2, 0) is 24.7 Å². The zero-order chi connectivity index (χ0) is 23.8. The van der Waals surface area contributed by atoms with E-state index in [1.165, 1.54) is 25.6 Å². The molecule has 4 rings (SSSR count). The van der Waals surface area contributed by atoms with Crippen molar-refractivity contribution in [1.82, 2.24) is 14.6 Å². The zero-order valence-electron chi connectivity index (χ0n) is 18.9. The summed E-state index contributed by atoms with van der Waals surface area (Å²) < 4.78 is 13.1. The van der Waals surface area contributed by atoms with Gasteiger partial charge in [0.25, 0.3) is 0 Å². The van der Waals surface area contributed by atoms with Crippen LogP contribution in [0.5, 0.6) is 0 Å². The largest absolute Gasteiger partial charge is 0.481 e. The van der Waals surface area contributed by atoms with Crippen molar-refractivity contribution in [3.63, 3.8) is 0 Å². The number of aliphatic carboxylic acids is 1. The van der Waals surface area contributed by atoms with E-state index in [1.54, 1.807) is 23.6 Å². The second-order valence-corrected chi connectivity index (χ2v) is 8.52. The van der Waals surface area contributed by atoms with Crippen molar-refractivity contribution < 1.29 is 24.2 Å². The molecule has 10 nitrogen and oxygen atoms in total. The van der Waals surface area contributed by atoms with Gasteiger partial charge >= 0.3 is 11.9 Å². The van der Waals surface area contributed by atoms with Crippen molar-refractivity contribution >= 4 is 23.3 Å². The minimum absolute atomic E-state index is 0.168. The van der Waals surface area contributed by atoms with E-state index in [0.717, 1.165) is 12.8 Å². The molecule has 3 heterocycles. The second kappa shape index (κ2) is 11.1. The number of anilines is 1. The lowest BCUT2D eigenvalue weighted by atomic mass is 9.87. The number of nitrogens with two attached hydrogens (primary N) is 1. The number of hydrogen-bond donors (Lipinski definition) is 2. The van der Waals surface area contributed by atoms with Crippen LogP contribution in [-0.4, -0.2) is 44.4 Å². The summed E-state index contributed by atoms with van der Waals surface area (Å²) in [5, 5.41) is 21.8. The van der Waals surface area contributed by atoms with Gasteiger partial charge in [-0.15, -0.1) is 0 Å². The highest BCUT2D eigenvalue weighted by Gasteiger charge is 2.45. The van der Waals surface area contributed by atoms with E-state index < -0.39 is 11.6 Å². The number of esters is 1. The van der Waals surface area contributed by atoms with Crippen LogP contribution in [0, 0.1) is 17.2 Å². The lowest BCUT2D eigenvalue weighted by Crippen LogP contribution is -2.29. The number of nitrogen functional groups attached to an aromatic ring is 1. The SMILES string of the molecule is CCC(=O)O.N#CC1(c2ccc3c(N)ncnn23)CCC(COC(=O)CC2CCCCC2)O1. The molecule has 1 saturated heterocycles. The summed E-state index contributed by atoms with van der Waals surface area (Å²) in [4.78, 5) is 25.5. The van der Waals surface area contributed by atoms with E-state index in [4.69, 9.17) is 20.3 Å². The summed E-state index contributed by atoms with van der Waals surface area (Å²) in [5.41, 5.74) is 6.01. The first-order valence-corrected chi connectivity index (χ1v) is 11.4. The van der Waals surface area contributed by atoms with Gasteiger partial charge in [-0.25, -0.2) is 9.50 Å². The number of nitriles is 1. The van der Waals surface area contributed by atoms with Crippen LogP contribution in [0.15, 0.2) is 18.5 Å². The molecule has 1 aliphatic carbocycles. The number of carboxylic acid groups (broad SMARTS) is 1. The van der Waals surface area contributed by atoms with Crippen LogP contribution in [0.25, 0.3) is 5.52 Å². The van der Waals surface area contributed by atoms with Crippen LogP contribution >= 0.6 is 0 Å². The molecule has 2 aromatic heterocycles. The molecule has 1 saturated carbocycles.